The molecule has 0 fully saturated rings. The lowest BCUT2D eigenvalue weighted by Gasteiger charge is -2.31. The third-order valence-electron chi connectivity index (χ3n) is 1.63. The number of carboxylic acids is 1. The smallest absolute Gasteiger partial charge is 0.459 e. The first-order valence-electron chi connectivity index (χ1n) is 3.63. The van der Waals surface area contributed by atoms with Gasteiger partial charge in [-0.3, -0.25) is 4.79 Å². The van der Waals surface area contributed by atoms with E-state index in [0.29, 0.717) is 0 Å². The summed E-state index contributed by atoms with van der Waals surface area (Å²) in [6.07, 6.45) is -8.22. The quantitative estimate of drug-likeness (QED) is 0.752. The van der Waals surface area contributed by atoms with Gasteiger partial charge in [0.25, 0.3) is 0 Å². The lowest BCUT2D eigenvalue weighted by Crippen LogP contribution is -2.60. The maximum Gasteiger partial charge on any atom is 0.459 e. The predicted molar refractivity (Wildman–Crippen MR) is 36.2 cm³/mol. The number of nitrogens with two attached hydrogens (primary N) is 1. The Morgan fingerprint density at radius 1 is 1.12 bits per heavy atom. The first-order chi connectivity index (χ1) is 6.84. The summed E-state index contributed by atoms with van der Waals surface area (Å²) in [5.74, 6) is -14.1. The van der Waals surface area contributed by atoms with Gasteiger partial charge < -0.3 is 10.8 Å². The minimum absolute atomic E-state index is 1.71. The van der Waals surface area contributed by atoms with E-state index in [2.05, 4.69) is 5.73 Å². The highest BCUT2D eigenvalue weighted by Crippen LogP contribution is 2.47. The molecule has 0 heterocycles. The zero-order chi connectivity index (χ0) is 13.4. The van der Waals surface area contributed by atoms with E-state index >= 15 is 0 Å². The van der Waals surface area contributed by atoms with Gasteiger partial charge in [0.1, 0.15) is 0 Å². The number of rotatable bonds is 4. The maximum atomic E-state index is 12.6. The highest BCUT2D eigenvalue weighted by molar-refractivity contribution is 5.67. The summed E-state index contributed by atoms with van der Waals surface area (Å²) < 4.78 is 84.5. The molecule has 0 bridgehead atoms. The third-order valence-corrected chi connectivity index (χ3v) is 1.63. The first kappa shape index (κ1) is 14.9. The van der Waals surface area contributed by atoms with Crippen molar-refractivity contribution in [1.82, 2.24) is 0 Å². The van der Waals surface area contributed by atoms with Gasteiger partial charge in [-0.15, -0.1) is 0 Å². The molecule has 0 aromatic rings. The second-order valence-corrected chi connectivity index (χ2v) is 2.90. The molecule has 0 amide bonds. The Balaban J connectivity index is 5.11. The van der Waals surface area contributed by atoms with Crippen LogP contribution >= 0.6 is 0 Å². The van der Waals surface area contributed by atoms with Gasteiger partial charge in [-0.25, -0.2) is 0 Å². The van der Waals surface area contributed by atoms with Crippen molar-refractivity contribution < 1.29 is 40.6 Å². The minimum atomic E-state index is -6.51. The molecular weight excluding hydrogens is 251 g/mol. The highest BCUT2D eigenvalue weighted by atomic mass is 19.4. The summed E-state index contributed by atoms with van der Waals surface area (Å²) in [5.41, 5.74) is 4.32. The average molecular weight is 257 g/mol. The van der Waals surface area contributed by atoms with Crippen LogP contribution in [0.1, 0.15) is 6.42 Å². The van der Waals surface area contributed by atoms with Gasteiger partial charge in [-0.1, -0.05) is 0 Å². The van der Waals surface area contributed by atoms with Gasteiger partial charge in [0, 0.05) is 0 Å². The lowest BCUT2D eigenvalue weighted by atomic mass is 10.0. The van der Waals surface area contributed by atoms with Crippen molar-refractivity contribution in [2.24, 2.45) is 5.73 Å². The van der Waals surface area contributed by atoms with Gasteiger partial charge in [0.05, 0.1) is 12.5 Å². The zero-order valence-corrected chi connectivity index (χ0v) is 7.36. The van der Waals surface area contributed by atoms with Crippen LogP contribution in [0.15, 0.2) is 0 Å². The summed E-state index contributed by atoms with van der Waals surface area (Å²) >= 11 is 0. The number of halogens is 7. The fourth-order valence-electron chi connectivity index (χ4n) is 0.738. The van der Waals surface area contributed by atoms with E-state index in [9.17, 15) is 35.5 Å². The summed E-state index contributed by atoms with van der Waals surface area (Å²) in [5, 5.41) is 7.98. The molecule has 10 heteroatoms. The first-order valence-corrected chi connectivity index (χ1v) is 3.63. The summed E-state index contributed by atoms with van der Waals surface area (Å²) in [7, 11) is 0. The van der Waals surface area contributed by atoms with E-state index in [4.69, 9.17) is 5.11 Å². The Bertz CT molecular complexity index is 275. The molecule has 16 heavy (non-hydrogen) atoms. The minimum Gasteiger partial charge on any atom is -0.481 e. The molecule has 3 nitrogen and oxygen atoms in total. The lowest BCUT2D eigenvalue weighted by molar-refractivity contribution is -0.358. The molecular formula is C6H6F7NO2. The second-order valence-electron chi connectivity index (χ2n) is 2.90. The van der Waals surface area contributed by atoms with Gasteiger partial charge in [0.2, 0.25) is 0 Å². The van der Waals surface area contributed by atoms with Crippen molar-refractivity contribution in [1.29, 1.82) is 0 Å². The van der Waals surface area contributed by atoms with Crippen LogP contribution in [-0.4, -0.2) is 35.1 Å². The maximum absolute atomic E-state index is 12.6. The number of hydrogen-bond donors (Lipinski definition) is 2. The van der Waals surface area contributed by atoms with Gasteiger partial charge in [0.15, 0.2) is 0 Å². The number of hydrogen-bond acceptors (Lipinski definition) is 2. The molecule has 1 atom stereocenters. The van der Waals surface area contributed by atoms with Gasteiger partial charge >= 0.3 is 24.0 Å². The molecule has 0 aromatic heterocycles. The Morgan fingerprint density at radius 3 is 1.75 bits per heavy atom. The molecule has 96 valence electrons. The summed E-state index contributed by atoms with van der Waals surface area (Å²) in [4.78, 5) is 9.89. The van der Waals surface area contributed by atoms with Crippen molar-refractivity contribution in [2.75, 3.05) is 0 Å². The van der Waals surface area contributed by atoms with Crippen LogP contribution in [0.4, 0.5) is 30.7 Å². The average Bonchev–Trinajstić information content (AvgIpc) is 2.00. The van der Waals surface area contributed by atoms with Crippen molar-refractivity contribution in [3.05, 3.63) is 0 Å². The monoisotopic (exact) mass is 257 g/mol. The Kier molecular flexibility index (Phi) is 3.80. The molecule has 0 saturated heterocycles. The van der Waals surface area contributed by atoms with Crippen LogP contribution in [0.2, 0.25) is 0 Å². The molecule has 0 aromatic carbocycles. The standard InChI is InChI=1S/C6H6F7NO2/c7-4(8,2(14)1-3(15)16)5(9,10)6(11,12)13/h2H,1,14H2,(H,15,16)/t2-/m1/s1. The van der Waals surface area contributed by atoms with Crippen molar-refractivity contribution >= 4 is 5.97 Å². The number of alkyl halides is 7. The molecule has 0 spiro atoms. The molecule has 3 N–H and O–H groups in total. The van der Waals surface area contributed by atoms with Crippen LogP contribution in [-0.2, 0) is 4.79 Å². The van der Waals surface area contributed by atoms with Crippen LogP contribution in [0.3, 0.4) is 0 Å². The fourth-order valence-corrected chi connectivity index (χ4v) is 0.738. The van der Waals surface area contributed by atoms with Crippen LogP contribution in [0.25, 0.3) is 0 Å². The Hall–Kier alpha value is -1.06. The normalized spacial score (nSPS) is 16.0. The van der Waals surface area contributed by atoms with Crippen LogP contribution in [0, 0.1) is 0 Å². The Morgan fingerprint density at radius 2 is 1.50 bits per heavy atom. The van der Waals surface area contributed by atoms with Crippen LogP contribution < -0.4 is 5.73 Å². The van der Waals surface area contributed by atoms with Crippen LogP contribution in [0.5, 0.6) is 0 Å². The van der Waals surface area contributed by atoms with Crippen molar-refractivity contribution in [2.45, 2.75) is 30.5 Å². The second kappa shape index (κ2) is 4.07. The molecule has 0 radical (unpaired) electrons. The number of carboxylic acid groups (broad SMARTS) is 1. The largest absolute Gasteiger partial charge is 0.481 e. The fraction of sp³-hybridized carbons (Fsp3) is 0.833. The molecule has 0 saturated carbocycles. The predicted octanol–water partition coefficient (Wildman–Crippen LogP) is 1.62. The SMILES string of the molecule is N[C@H](CC(=O)O)C(F)(F)C(F)(F)C(F)(F)F. The highest BCUT2D eigenvalue weighted by Gasteiger charge is 2.74. The van der Waals surface area contributed by atoms with E-state index in [0.717, 1.165) is 0 Å². The Labute approximate surface area is 84.0 Å². The van der Waals surface area contributed by atoms with E-state index in [1.807, 2.05) is 0 Å². The molecule has 0 rings (SSSR count). The molecule has 0 aliphatic rings. The topological polar surface area (TPSA) is 63.3 Å². The summed E-state index contributed by atoms with van der Waals surface area (Å²) in [6.45, 7) is 0. The molecule has 0 aliphatic heterocycles. The van der Waals surface area contributed by atoms with Crippen molar-refractivity contribution in [3.8, 4) is 0 Å². The summed E-state index contributed by atoms with van der Waals surface area (Å²) in [6, 6.07) is -3.14. The molecule has 0 unspecified atom stereocenters. The number of carbonyl (C=O) groups is 1. The van der Waals surface area contributed by atoms with Gasteiger partial charge in [-0.05, 0) is 0 Å². The number of aliphatic carboxylic acids is 1. The van der Waals surface area contributed by atoms with E-state index < -0.39 is 36.5 Å². The third kappa shape index (κ3) is 2.54. The van der Waals surface area contributed by atoms with E-state index in [-0.39, 0.29) is 0 Å². The van der Waals surface area contributed by atoms with E-state index in [1.165, 1.54) is 0 Å². The van der Waals surface area contributed by atoms with Gasteiger partial charge in [-0.2, -0.15) is 30.7 Å². The molecule has 0 aliphatic carbocycles. The van der Waals surface area contributed by atoms with E-state index in [1.54, 1.807) is 0 Å². The zero-order valence-electron chi connectivity index (χ0n) is 7.36. The van der Waals surface area contributed by atoms with Crippen molar-refractivity contribution in [3.63, 3.8) is 0 Å².